The lowest BCUT2D eigenvalue weighted by atomic mass is 10.0. The van der Waals surface area contributed by atoms with E-state index in [-0.39, 0.29) is 0 Å². The van der Waals surface area contributed by atoms with Crippen LogP contribution in [0, 0.1) is 0 Å². The summed E-state index contributed by atoms with van der Waals surface area (Å²) in [6.45, 7) is 0. The zero-order valence-corrected chi connectivity index (χ0v) is 26.0. The molecule has 47 heavy (non-hydrogen) atoms. The first kappa shape index (κ1) is 26.3. The first-order chi connectivity index (χ1) is 23.3. The Morgan fingerprint density at radius 3 is 2.04 bits per heavy atom. The summed E-state index contributed by atoms with van der Waals surface area (Å²) in [6, 6.07) is 56.1. The summed E-state index contributed by atoms with van der Waals surface area (Å²) in [7, 11) is 0. The van der Waals surface area contributed by atoms with Crippen LogP contribution in [0.1, 0.15) is 0 Å². The molecule has 1 aliphatic rings. The molecule has 0 radical (unpaired) electrons. The molecule has 2 heterocycles. The molecule has 0 bridgehead atoms. The Balaban J connectivity index is 1.22. The lowest BCUT2D eigenvalue weighted by Crippen LogP contribution is -2.10. The number of rotatable bonds is 5. The van der Waals surface area contributed by atoms with Crippen molar-refractivity contribution in [1.29, 1.82) is 0 Å². The van der Waals surface area contributed by atoms with Gasteiger partial charge in [-0.25, -0.2) is 4.98 Å². The van der Waals surface area contributed by atoms with E-state index < -0.39 is 0 Å². The number of oxazole rings is 1. The van der Waals surface area contributed by atoms with E-state index in [0.717, 1.165) is 50.6 Å². The average molecular weight is 619 g/mol. The van der Waals surface area contributed by atoms with Crippen LogP contribution in [-0.2, 0) is 0 Å². The summed E-state index contributed by atoms with van der Waals surface area (Å²) in [4.78, 5) is 7.50. The highest BCUT2D eigenvalue weighted by molar-refractivity contribution is 7.26. The van der Waals surface area contributed by atoms with E-state index in [2.05, 4.69) is 132 Å². The van der Waals surface area contributed by atoms with Crippen molar-refractivity contribution >= 4 is 59.3 Å². The normalized spacial score (nSPS) is 11.8. The van der Waals surface area contributed by atoms with Crippen LogP contribution in [0.4, 0.5) is 17.1 Å². The monoisotopic (exact) mass is 618 g/mol. The summed E-state index contributed by atoms with van der Waals surface area (Å²) < 4.78 is 9.04. The van der Waals surface area contributed by atoms with Gasteiger partial charge in [-0.2, -0.15) is 0 Å². The molecule has 0 fully saturated rings. The Bertz CT molecular complexity index is 2620. The second-order valence-electron chi connectivity index (χ2n) is 12.0. The number of benzene rings is 7. The third-order valence-corrected chi connectivity index (χ3v) is 10.4. The molecule has 3 nitrogen and oxygen atoms in total. The van der Waals surface area contributed by atoms with Crippen molar-refractivity contribution < 1.29 is 4.42 Å². The number of fused-ring (bicyclic) bond motifs is 6. The minimum Gasteiger partial charge on any atom is -0.435 e. The van der Waals surface area contributed by atoms with Crippen molar-refractivity contribution in [2.75, 3.05) is 4.90 Å². The quantitative estimate of drug-likeness (QED) is 0.192. The molecule has 220 valence electrons. The summed E-state index contributed by atoms with van der Waals surface area (Å²) in [5.41, 5.74) is 9.79. The molecule has 0 saturated carbocycles. The van der Waals surface area contributed by atoms with Gasteiger partial charge < -0.3 is 9.32 Å². The zero-order chi connectivity index (χ0) is 30.9. The fourth-order valence-electron chi connectivity index (χ4n) is 7.11. The maximum atomic E-state index is 6.48. The van der Waals surface area contributed by atoms with Gasteiger partial charge in [-0.05, 0) is 71.1 Å². The Morgan fingerprint density at radius 2 is 1.21 bits per heavy atom. The molecule has 0 atom stereocenters. The van der Waals surface area contributed by atoms with E-state index in [9.17, 15) is 0 Å². The summed E-state index contributed by atoms with van der Waals surface area (Å²) in [5.74, 6) is 1.48. The third kappa shape index (κ3) is 4.09. The van der Waals surface area contributed by atoms with Crippen LogP contribution in [0.25, 0.3) is 76.1 Å². The van der Waals surface area contributed by atoms with Gasteiger partial charge in [-0.1, -0.05) is 103 Å². The van der Waals surface area contributed by atoms with E-state index >= 15 is 0 Å². The van der Waals surface area contributed by atoms with E-state index in [1.165, 1.54) is 36.7 Å². The molecule has 0 amide bonds. The van der Waals surface area contributed by atoms with Crippen molar-refractivity contribution in [1.82, 2.24) is 4.98 Å². The van der Waals surface area contributed by atoms with E-state index in [4.69, 9.17) is 9.40 Å². The van der Waals surface area contributed by atoms with Gasteiger partial charge >= 0.3 is 0 Å². The highest BCUT2D eigenvalue weighted by Gasteiger charge is 2.30. The number of thiophene rings is 1. The van der Waals surface area contributed by atoms with Gasteiger partial charge in [0, 0.05) is 53.6 Å². The largest absolute Gasteiger partial charge is 0.435 e. The van der Waals surface area contributed by atoms with Gasteiger partial charge in [0.15, 0.2) is 5.76 Å². The predicted octanol–water partition coefficient (Wildman–Crippen LogP) is 12.6. The zero-order valence-electron chi connectivity index (χ0n) is 25.2. The SMILES string of the molecule is c1ccc(-c2ccc(N(c3cc4c5c(cccc5c3)-c3oc(-c5ccccc5)nc3-4)c3cccc4sc5ccccc5c34)cc2)cc1. The molecule has 10 rings (SSSR count). The van der Waals surface area contributed by atoms with Crippen molar-refractivity contribution in [3.63, 3.8) is 0 Å². The van der Waals surface area contributed by atoms with Gasteiger partial charge in [0.05, 0.1) is 5.69 Å². The molecule has 0 N–H and O–H groups in total. The number of hydrogen-bond acceptors (Lipinski definition) is 4. The molecule has 7 aromatic carbocycles. The van der Waals surface area contributed by atoms with Crippen LogP contribution in [0.5, 0.6) is 0 Å². The minimum atomic E-state index is 0.645. The molecular formula is C43H26N2OS. The van der Waals surface area contributed by atoms with E-state index in [1.807, 2.05) is 41.7 Å². The van der Waals surface area contributed by atoms with Crippen molar-refractivity contribution in [2.24, 2.45) is 0 Å². The van der Waals surface area contributed by atoms with Gasteiger partial charge in [0.1, 0.15) is 5.69 Å². The number of anilines is 3. The Kier molecular flexibility index (Phi) is 5.74. The summed E-state index contributed by atoms with van der Waals surface area (Å²) in [6.07, 6.45) is 0. The van der Waals surface area contributed by atoms with Crippen LogP contribution in [0.3, 0.4) is 0 Å². The standard InChI is InChI=1S/C43H26N2OS/c1-3-11-27(12-4-1)28-21-23-31(24-22-28)45(36-18-10-20-38-40(36)33-16-7-8-19-37(33)47-38)32-25-30-15-9-17-34-39(30)35(26-32)41-42(34)46-43(44-41)29-13-5-2-6-14-29/h1-26H. The smallest absolute Gasteiger partial charge is 0.227 e. The molecular weight excluding hydrogens is 593 g/mol. The van der Waals surface area contributed by atoms with Gasteiger partial charge in [0.2, 0.25) is 5.89 Å². The van der Waals surface area contributed by atoms with Crippen LogP contribution in [0.2, 0.25) is 0 Å². The Hall–Kier alpha value is -5.97. The molecule has 4 heteroatoms. The molecule has 2 aromatic heterocycles. The molecule has 0 unspecified atom stereocenters. The van der Waals surface area contributed by atoms with Crippen LogP contribution in [-0.4, -0.2) is 4.98 Å². The van der Waals surface area contributed by atoms with Crippen LogP contribution >= 0.6 is 11.3 Å². The first-order valence-corrected chi connectivity index (χ1v) is 16.6. The van der Waals surface area contributed by atoms with Gasteiger partial charge in [-0.15, -0.1) is 11.3 Å². The fraction of sp³-hybridized carbons (Fsp3) is 0. The highest BCUT2D eigenvalue weighted by atomic mass is 32.1. The van der Waals surface area contributed by atoms with Gasteiger partial charge in [-0.3, -0.25) is 0 Å². The van der Waals surface area contributed by atoms with Crippen molar-refractivity contribution in [3.8, 4) is 45.2 Å². The average Bonchev–Trinajstić information content (AvgIpc) is 3.82. The summed E-state index contributed by atoms with van der Waals surface area (Å²) in [5, 5.41) is 4.89. The van der Waals surface area contributed by atoms with Crippen LogP contribution < -0.4 is 4.90 Å². The molecule has 1 aliphatic carbocycles. The topological polar surface area (TPSA) is 29.3 Å². The lowest BCUT2D eigenvalue weighted by Gasteiger charge is -2.27. The van der Waals surface area contributed by atoms with E-state index in [1.54, 1.807) is 0 Å². The van der Waals surface area contributed by atoms with E-state index in [0.29, 0.717) is 5.89 Å². The molecule has 0 aliphatic heterocycles. The second-order valence-corrected chi connectivity index (χ2v) is 13.0. The molecule has 9 aromatic rings. The minimum absolute atomic E-state index is 0.645. The molecule has 0 spiro atoms. The van der Waals surface area contributed by atoms with Crippen LogP contribution in [0.15, 0.2) is 162 Å². The second kappa shape index (κ2) is 10.3. The Labute approximate surface area is 275 Å². The van der Waals surface area contributed by atoms with Crippen molar-refractivity contribution in [2.45, 2.75) is 0 Å². The number of hydrogen-bond donors (Lipinski definition) is 0. The fourth-order valence-corrected chi connectivity index (χ4v) is 8.24. The molecule has 0 saturated heterocycles. The first-order valence-electron chi connectivity index (χ1n) is 15.8. The predicted molar refractivity (Wildman–Crippen MR) is 197 cm³/mol. The Morgan fingerprint density at radius 1 is 0.511 bits per heavy atom. The lowest BCUT2D eigenvalue weighted by molar-refractivity contribution is 0.590. The van der Waals surface area contributed by atoms with Gasteiger partial charge in [0.25, 0.3) is 0 Å². The van der Waals surface area contributed by atoms with Crippen molar-refractivity contribution in [3.05, 3.63) is 158 Å². The maximum Gasteiger partial charge on any atom is 0.227 e. The number of nitrogens with zero attached hydrogens (tertiary/aromatic N) is 2. The maximum absolute atomic E-state index is 6.48. The summed E-state index contributed by atoms with van der Waals surface area (Å²) >= 11 is 1.84. The number of aromatic nitrogens is 1. The highest BCUT2D eigenvalue weighted by Crippen LogP contribution is 2.52. The third-order valence-electron chi connectivity index (χ3n) is 9.22.